The van der Waals surface area contributed by atoms with Gasteiger partial charge in [0, 0.05) is 24.4 Å². The SMILES string of the molecule is CN(C)C(=O)CC(I)COI. The number of alkyl halides is 1. The largest absolute Gasteiger partial charge is 0.349 e. The molecule has 0 N–H and O–H groups in total. The van der Waals surface area contributed by atoms with Gasteiger partial charge in [-0.15, -0.1) is 0 Å². The van der Waals surface area contributed by atoms with E-state index in [2.05, 4.69) is 22.6 Å². The number of carbonyl (C=O) groups excluding carboxylic acids is 1. The summed E-state index contributed by atoms with van der Waals surface area (Å²) in [5.74, 6) is 0.151. The molecule has 0 saturated heterocycles. The van der Waals surface area contributed by atoms with Crippen LogP contribution in [0, 0.1) is 0 Å². The number of halogens is 2. The molecule has 0 aliphatic carbocycles. The van der Waals surface area contributed by atoms with Crippen LogP contribution >= 0.6 is 45.6 Å². The molecule has 0 aromatic carbocycles. The Morgan fingerprint density at radius 2 is 2.18 bits per heavy atom. The highest BCUT2D eigenvalue weighted by Crippen LogP contribution is 2.09. The summed E-state index contributed by atoms with van der Waals surface area (Å²) >= 11 is 4.05. The number of rotatable bonds is 4. The second-order valence-electron chi connectivity index (χ2n) is 2.37. The molecule has 0 heterocycles. The lowest BCUT2D eigenvalue weighted by molar-refractivity contribution is -0.128. The zero-order valence-electron chi connectivity index (χ0n) is 6.51. The molecule has 0 fully saturated rings. The Morgan fingerprint density at radius 1 is 1.64 bits per heavy atom. The van der Waals surface area contributed by atoms with E-state index >= 15 is 0 Å². The van der Waals surface area contributed by atoms with Crippen molar-refractivity contribution in [3.05, 3.63) is 0 Å². The minimum Gasteiger partial charge on any atom is -0.349 e. The van der Waals surface area contributed by atoms with E-state index in [9.17, 15) is 4.79 Å². The first-order valence-electron chi connectivity index (χ1n) is 3.15. The van der Waals surface area contributed by atoms with Crippen molar-refractivity contribution in [3.63, 3.8) is 0 Å². The fraction of sp³-hybridized carbons (Fsp3) is 0.833. The second-order valence-corrected chi connectivity index (χ2v) is 4.75. The first kappa shape index (κ1) is 11.9. The molecule has 0 aliphatic rings. The van der Waals surface area contributed by atoms with Crippen molar-refractivity contribution in [2.24, 2.45) is 0 Å². The van der Waals surface area contributed by atoms with Gasteiger partial charge >= 0.3 is 0 Å². The van der Waals surface area contributed by atoms with Crippen LogP contribution in [0.5, 0.6) is 0 Å². The maximum Gasteiger partial charge on any atom is 0.223 e. The zero-order valence-corrected chi connectivity index (χ0v) is 10.8. The van der Waals surface area contributed by atoms with Gasteiger partial charge in [-0.2, -0.15) is 0 Å². The quantitative estimate of drug-likeness (QED) is 0.546. The normalized spacial score (nSPS) is 12.7. The van der Waals surface area contributed by atoms with Crippen molar-refractivity contribution in [3.8, 4) is 0 Å². The van der Waals surface area contributed by atoms with Crippen LogP contribution in [0.25, 0.3) is 0 Å². The van der Waals surface area contributed by atoms with Crippen LogP contribution in [-0.2, 0) is 7.86 Å². The Hall–Kier alpha value is 0.890. The first-order chi connectivity index (χ1) is 5.07. The maximum absolute atomic E-state index is 11.1. The highest BCUT2D eigenvalue weighted by atomic mass is 127. The van der Waals surface area contributed by atoms with Gasteiger partial charge in [-0.1, -0.05) is 22.6 Å². The van der Waals surface area contributed by atoms with Crippen molar-refractivity contribution in [1.82, 2.24) is 4.90 Å². The molecule has 1 atom stereocenters. The summed E-state index contributed by atoms with van der Waals surface area (Å²) in [6.45, 7) is 0.626. The topological polar surface area (TPSA) is 29.5 Å². The van der Waals surface area contributed by atoms with Gasteiger partial charge < -0.3 is 7.97 Å². The Labute approximate surface area is 94.7 Å². The molecule has 0 spiro atoms. The lowest BCUT2D eigenvalue weighted by atomic mass is 10.3. The van der Waals surface area contributed by atoms with Gasteiger partial charge in [-0.05, 0) is 0 Å². The van der Waals surface area contributed by atoms with E-state index in [4.69, 9.17) is 3.07 Å². The monoisotopic (exact) mass is 383 g/mol. The Kier molecular flexibility index (Phi) is 6.93. The molecule has 0 saturated carbocycles. The number of nitrogens with zero attached hydrogens (tertiary/aromatic N) is 1. The molecule has 66 valence electrons. The van der Waals surface area contributed by atoms with Crippen molar-refractivity contribution < 1.29 is 7.86 Å². The van der Waals surface area contributed by atoms with Crippen LogP contribution < -0.4 is 0 Å². The highest BCUT2D eigenvalue weighted by Gasteiger charge is 2.11. The van der Waals surface area contributed by atoms with Crippen molar-refractivity contribution in [2.75, 3.05) is 20.7 Å². The highest BCUT2D eigenvalue weighted by molar-refractivity contribution is 14.1. The molecular weight excluding hydrogens is 372 g/mol. The third-order valence-electron chi connectivity index (χ3n) is 1.14. The van der Waals surface area contributed by atoms with Crippen molar-refractivity contribution in [2.45, 2.75) is 10.3 Å². The molecule has 11 heavy (non-hydrogen) atoms. The third kappa shape index (κ3) is 6.09. The van der Waals surface area contributed by atoms with Crippen LogP contribution in [-0.4, -0.2) is 35.4 Å². The number of carbonyl (C=O) groups is 1. The number of amides is 1. The molecule has 0 bridgehead atoms. The molecule has 5 heteroatoms. The summed E-state index contributed by atoms with van der Waals surface area (Å²) in [6, 6.07) is 0. The average molecular weight is 383 g/mol. The summed E-state index contributed by atoms with van der Waals surface area (Å²) in [7, 11) is 3.52. The summed E-state index contributed by atoms with van der Waals surface area (Å²) in [5, 5.41) is 0. The van der Waals surface area contributed by atoms with E-state index in [0.717, 1.165) is 0 Å². The third-order valence-corrected chi connectivity index (χ3v) is 2.30. The van der Waals surface area contributed by atoms with Gasteiger partial charge in [0.1, 0.15) is 23.0 Å². The molecule has 1 amide bonds. The zero-order chi connectivity index (χ0) is 8.85. The predicted octanol–water partition coefficient (Wildman–Crippen LogP) is 1.63. The maximum atomic E-state index is 11.1. The van der Waals surface area contributed by atoms with Crippen LogP contribution in [0.1, 0.15) is 6.42 Å². The Morgan fingerprint density at radius 3 is 2.55 bits per heavy atom. The van der Waals surface area contributed by atoms with Crippen molar-refractivity contribution in [1.29, 1.82) is 0 Å². The number of hydrogen-bond acceptors (Lipinski definition) is 2. The molecule has 0 aromatic rings. The minimum atomic E-state index is 0.151. The fourth-order valence-corrected chi connectivity index (χ4v) is 2.18. The number of hydrogen-bond donors (Lipinski definition) is 0. The summed E-state index contributed by atoms with van der Waals surface area (Å²) in [4.78, 5) is 12.7. The van der Waals surface area contributed by atoms with Crippen LogP contribution in [0.3, 0.4) is 0 Å². The molecule has 0 radical (unpaired) electrons. The van der Waals surface area contributed by atoms with E-state index in [1.165, 1.54) is 0 Å². The predicted molar refractivity (Wildman–Crippen MR) is 61.1 cm³/mol. The fourth-order valence-electron chi connectivity index (χ4n) is 0.499. The molecule has 0 aromatic heterocycles. The minimum absolute atomic E-state index is 0.151. The summed E-state index contributed by atoms with van der Waals surface area (Å²) < 4.78 is 5.15. The Balaban J connectivity index is 3.57. The lowest BCUT2D eigenvalue weighted by Gasteiger charge is -2.12. The first-order valence-corrected chi connectivity index (χ1v) is 5.28. The van der Waals surface area contributed by atoms with E-state index in [0.29, 0.717) is 13.0 Å². The van der Waals surface area contributed by atoms with E-state index in [1.807, 2.05) is 23.0 Å². The van der Waals surface area contributed by atoms with Gasteiger partial charge in [0.25, 0.3) is 0 Å². The van der Waals surface area contributed by atoms with Gasteiger partial charge in [-0.3, -0.25) is 4.79 Å². The molecule has 1 unspecified atom stereocenters. The summed E-state index contributed by atoms with van der Waals surface area (Å²) in [5.41, 5.74) is 0. The Bertz CT molecular complexity index is 130. The van der Waals surface area contributed by atoms with Crippen LogP contribution in [0.2, 0.25) is 0 Å². The van der Waals surface area contributed by atoms with E-state index in [1.54, 1.807) is 19.0 Å². The summed E-state index contributed by atoms with van der Waals surface area (Å²) in [6.07, 6.45) is 0.552. The van der Waals surface area contributed by atoms with Crippen LogP contribution in [0.15, 0.2) is 0 Å². The van der Waals surface area contributed by atoms with E-state index in [-0.39, 0.29) is 9.83 Å². The van der Waals surface area contributed by atoms with Gasteiger partial charge in [0.15, 0.2) is 0 Å². The molecule has 3 nitrogen and oxygen atoms in total. The van der Waals surface area contributed by atoms with Gasteiger partial charge in [-0.25, -0.2) is 0 Å². The van der Waals surface area contributed by atoms with E-state index < -0.39 is 0 Å². The molecular formula is C6H11I2NO2. The lowest BCUT2D eigenvalue weighted by Crippen LogP contribution is -2.25. The molecule has 0 aliphatic heterocycles. The molecule has 0 rings (SSSR count). The van der Waals surface area contributed by atoms with Crippen molar-refractivity contribution >= 4 is 51.5 Å². The smallest absolute Gasteiger partial charge is 0.223 e. The standard InChI is InChI=1S/C6H11I2NO2/c1-9(2)6(10)3-5(7)4-11-8/h5H,3-4H2,1-2H3. The second kappa shape index (κ2) is 6.41. The van der Waals surface area contributed by atoms with Crippen LogP contribution in [0.4, 0.5) is 0 Å². The average Bonchev–Trinajstić information content (AvgIpc) is 1.87. The van der Waals surface area contributed by atoms with Gasteiger partial charge in [0.05, 0.1) is 6.61 Å². The van der Waals surface area contributed by atoms with Gasteiger partial charge in [0.2, 0.25) is 5.91 Å².